The third kappa shape index (κ3) is 3.47. The molecule has 1 heterocycles. The van der Waals surface area contributed by atoms with Crippen molar-refractivity contribution in [3.8, 4) is 0 Å². The molecule has 1 N–H and O–H groups in total. The molecule has 112 valence electrons. The average molecular weight is 346 g/mol. The van der Waals surface area contributed by atoms with E-state index in [1.54, 1.807) is 0 Å². The van der Waals surface area contributed by atoms with Gasteiger partial charge in [-0.3, -0.25) is 9.59 Å². The quantitative estimate of drug-likeness (QED) is 0.672. The van der Waals surface area contributed by atoms with Gasteiger partial charge >= 0.3 is 5.97 Å². The molecule has 1 amide bonds. The molecule has 1 saturated carbocycles. The Morgan fingerprint density at radius 1 is 1.43 bits per heavy atom. The van der Waals surface area contributed by atoms with Crippen molar-refractivity contribution in [3.63, 3.8) is 0 Å². The molecule has 0 spiro atoms. The Morgan fingerprint density at radius 3 is 2.86 bits per heavy atom. The van der Waals surface area contributed by atoms with Crippen LogP contribution in [0.1, 0.15) is 12.8 Å². The number of para-hydroxylation sites is 1. The second kappa shape index (κ2) is 5.71. The lowest BCUT2D eigenvalue weighted by atomic mass is 10.2. The summed E-state index contributed by atoms with van der Waals surface area (Å²) in [5, 5.41) is 2.33. The SMILES string of the molecule is O=C(C[C@@H]1Sc2ccccc2NC1=O)OC[C@@H]1CC1(Cl)Cl. The molecule has 0 saturated heterocycles. The smallest absolute Gasteiger partial charge is 0.307 e. The summed E-state index contributed by atoms with van der Waals surface area (Å²) in [5.41, 5.74) is 0.782. The Bertz CT molecular complexity index is 593. The summed E-state index contributed by atoms with van der Waals surface area (Å²) in [6.07, 6.45) is 0.671. The highest BCUT2D eigenvalue weighted by atomic mass is 35.5. The Hall–Kier alpha value is -0.910. The molecule has 1 fully saturated rings. The van der Waals surface area contributed by atoms with Gasteiger partial charge in [0.2, 0.25) is 5.91 Å². The van der Waals surface area contributed by atoms with Crippen LogP contribution in [0.5, 0.6) is 0 Å². The molecule has 0 bridgehead atoms. The first-order valence-corrected chi connectivity index (χ1v) is 8.19. The van der Waals surface area contributed by atoms with Crippen LogP contribution in [0.3, 0.4) is 0 Å². The van der Waals surface area contributed by atoms with E-state index >= 15 is 0 Å². The molecule has 1 aromatic carbocycles. The number of carbonyl (C=O) groups is 2. The molecule has 1 aromatic rings. The molecule has 0 unspecified atom stereocenters. The first-order valence-electron chi connectivity index (χ1n) is 6.56. The summed E-state index contributed by atoms with van der Waals surface area (Å²) in [5.74, 6) is -0.581. The Morgan fingerprint density at radius 2 is 2.14 bits per heavy atom. The number of carbonyl (C=O) groups excluding carboxylic acids is 2. The summed E-state index contributed by atoms with van der Waals surface area (Å²) in [7, 11) is 0. The van der Waals surface area contributed by atoms with Crippen molar-refractivity contribution >= 4 is 52.5 Å². The number of ether oxygens (including phenoxy) is 1. The molecule has 2 atom stereocenters. The van der Waals surface area contributed by atoms with E-state index in [2.05, 4.69) is 5.32 Å². The summed E-state index contributed by atoms with van der Waals surface area (Å²) >= 11 is 13.1. The number of halogens is 2. The van der Waals surface area contributed by atoms with Crippen LogP contribution in [0.15, 0.2) is 29.2 Å². The highest BCUT2D eigenvalue weighted by Crippen LogP contribution is 2.53. The van der Waals surface area contributed by atoms with Gasteiger partial charge in [-0.1, -0.05) is 12.1 Å². The van der Waals surface area contributed by atoms with Crippen LogP contribution in [-0.2, 0) is 14.3 Å². The second-order valence-electron chi connectivity index (χ2n) is 5.14. The molecule has 1 aliphatic heterocycles. The van der Waals surface area contributed by atoms with Gasteiger partial charge in [-0.05, 0) is 18.6 Å². The zero-order chi connectivity index (χ0) is 15.0. The monoisotopic (exact) mass is 345 g/mol. The van der Waals surface area contributed by atoms with E-state index in [1.807, 2.05) is 24.3 Å². The molecule has 7 heteroatoms. The van der Waals surface area contributed by atoms with Crippen LogP contribution in [-0.4, -0.2) is 28.1 Å². The lowest BCUT2D eigenvalue weighted by Crippen LogP contribution is -2.31. The van der Waals surface area contributed by atoms with Gasteiger partial charge in [0.1, 0.15) is 4.33 Å². The number of alkyl halides is 2. The van der Waals surface area contributed by atoms with Crippen LogP contribution in [0.2, 0.25) is 0 Å². The van der Waals surface area contributed by atoms with Crippen molar-refractivity contribution in [3.05, 3.63) is 24.3 Å². The lowest BCUT2D eigenvalue weighted by Gasteiger charge is -2.23. The van der Waals surface area contributed by atoms with Gasteiger partial charge in [-0.15, -0.1) is 35.0 Å². The maximum Gasteiger partial charge on any atom is 0.307 e. The fourth-order valence-electron chi connectivity index (χ4n) is 2.08. The first-order chi connectivity index (χ1) is 9.95. The third-order valence-corrected chi connectivity index (χ3v) is 5.66. The fraction of sp³-hybridized carbons (Fsp3) is 0.429. The Kier molecular flexibility index (Phi) is 4.08. The van der Waals surface area contributed by atoms with Crippen LogP contribution < -0.4 is 5.32 Å². The van der Waals surface area contributed by atoms with Crippen LogP contribution >= 0.6 is 35.0 Å². The molecule has 2 aliphatic rings. The number of hydrogen-bond donors (Lipinski definition) is 1. The minimum atomic E-state index is -0.754. The number of hydrogen-bond acceptors (Lipinski definition) is 4. The van der Waals surface area contributed by atoms with E-state index in [-0.39, 0.29) is 24.9 Å². The highest BCUT2D eigenvalue weighted by molar-refractivity contribution is 8.01. The molecule has 1 aliphatic carbocycles. The van der Waals surface area contributed by atoms with Gasteiger partial charge in [-0.25, -0.2) is 0 Å². The van der Waals surface area contributed by atoms with Crippen molar-refractivity contribution in [2.24, 2.45) is 5.92 Å². The summed E-state index contributed by atoms with van der Waals surface area (Å²) < 4.78 is 4.39. The van der Waals surface area contributed by atoms with Gasteiger partial charge in [0.05, 0.1) is 24.0 Å². The predicted octanol–water partition coefficient (Wildman–Crippen LogP) is 3.23. The standard InChI is InChI=1S/C14H13Cl2NO3S/c15-14(16)6-8(14)7-20-12(18)5-11-13(19)17-9-3-1-2-4-10(9)21-11/h1-4,8,11H,5-7H2,(H,17,19)/t8-,11-/m0/s1. The Balaban J connectivity index is 1.53. The van der Waals surface area contributed by atoms with Gasteiger partial charge in [0, 0.05) is 10.8 Å². The molecule has 0 aromatic heterocycles. The predicted molar refractivity (Wildman–Crippen MR) is 82.8 cm³/mol. The van der Waals surface area contributed by atoms with Gasteiger partial charge in [0.15, 0.2) is 0 Å². The van der Waals surface area contributed by atoms with Crippen molar-refractivity contribution in [2.75, 3.05) is 11.9 Å². The summed E-state index contributed by atoms with van der Waals surface area (Å²) in [6.45, 7) is 0.210. The van der Waals surface area contributed by atoms with Crippen LogP contribution in [0.25, 0.3) is 0 Å². The van der Waals surface area contributed by atoms with Crippen molar-refractivity contribution in [1.82, 2.24) is 0 Å². The summed E-state index contributed by atoms with van der Waals surface area (Å²) in [6, 6.07) is 7.50. The number of anilines is 1. The van der Waals surface area contributed by atoms with Crippen LogP contribution in [0, 0.1) is 5.92 Å². The molecule has 0 radical (unpaired) electrons. The first kappa shape index (κ1) is 15.0. The van der Waals surface area contributed by atoms with E-state index in [9.17, 15) is 9.59 Å². The van der Waals surface area contributed by atoms with Crippen molar-refractivity contribution < 1.29 is 14.3 Å². The van der Waals surface area contributed by atoms with E-state index in [4.69, 9.17) is 27.9 Å². The number of fused-ring (bicyclic) bond motifs is 1. The number of nitrogens with one attached hydrogen (secondary N) is 1. The Labute approximate surface area is 136 Å². The topological polar surface area (TPSA) is 55.4 Å². The molecule has 3 rings (SSSR count). The normalized spacial score (nSPS) is 25.7. The molecular weight excluding hydrogens is 333 g/mol. The zero-order valence-corrected chi connectivity index (χ0v) is 13.3. The fourth-order valence-corrected chi connectivity index (χ4v) is 3.67. The van der Waals surface area contributed by atoms with Gasteiger partial charge in [0.25, 0.3) is 0 Å². The minimum absolute atomic E-state index is 0.00153. The highest BCUT2D eigenvalue weighted by Gasteiger charge is 2.52. The largest absolute Gasteiger partial charge is 0.465 e. The third-order valence-electron chi connectivity index (χ3n) is 3.46. The number of benzene rings is 1. The number of esters is 1. The van der Waals surface area contributed by atoms with E-state index in [1.165, 1.54) is 11.8 Å². The zero-order valence-electron chi connectivity index (χ0n) is 11.0. The minimum Gasteiger partial charge on any atom is -0.465 e. The second-order valence-corrected chi connectivity index (χ2v) is 7.93. The van der Waals surface area contributed by atoms with Gasteiger partial charge < -0.3 is 10.1 Å². The van der Waals surface area contributed by atoms with Crippen LogP contribution in [0.4, 0.5) is 5.69 Å². The summed E-state index contributed by atoms with van der Waals surface area (Å²) in [4.78, 5) is 24.7. The maximum absolute atomic E-state index is 12.0. The number of amides is 1. The van der Waals surface area contributed by atoms with E-state index in [0.717, 1.165) is 10.6 Å². The molecular formula is C14H13Cl2NO3S. The molecule has 21 heavy (non-hydrogen) atoms. The average Bonchev–Trinajstić information content (AvgIpc) is 3.05. The maximum atomic E-state index is 12.0. The van der Waals surface area contributed by atoms with E-state index in [0.29, 0.717) is 6.42 Å². The number of rotatable bonds is 4. The van der Waals surface area contributed by atoms with Gasteiger partial charge in [-0.2, -0.15) is 0 Å². The molecule has 4 nitrogen and oxygen atoms in total. The van der Waals surface area contributed by atoms with E-state index < -0.39 is 15.6 Å². The lowest BCUT2D eigenvalue weighted by molar-refractivity contribution is -0.144. The van der Waals surface area contributed by atoms with Crippen molar-refractivity contribution in [1.29, 1.82) is 0 Å². The number of thioether (sulfide) groups is 1. The van der Waals surface area contributed by atoms with Crippen molar-refractivity contribution in [2.45, 2.75) is 27.3 Å².